The number of benzene rings is 1. The van der Waals surface area contributed by atoms with Crippen LogP contribution < -0.4 is 4.90 Å². The van der Waals surface area contributed by atoms with Crippen LogP contribution in [0, 0.1) is 5.92 Å². The Hall–Kier alpha value is -2.25. The van der Waals surface area contributed by atoms with E-state index in [-0.39, 0.29) is 5.97 Å². The van der Waals surface area contributed by atoms with E-state index in [4.69, 9.17) is 21.3 Å². The number of hydrogen-bond donors (Lipinski definition) is 0. The van der Waals surface area contributed by atoms with Gasteiger partial charge in [-0.1, -0.05) is 11.6 Å². The van der Waals surface area contributed by atoms with Gasteiger partial charge in [0.1, 0.15) is 0 Å². The minimum atomic E-state index is -0.291. The summed E-state index contributed by atoms with van der Waals surface area (Å²) in [4.78, 5) is 18.9. The molecule has 3 aromatic rings. The third-order valence-electron chi connectivity index (χ3n) is 5.27. The molecule has 1 aliphatic rings. The van der Waals surface area contributed by atoms with Gasteiger partial charge in [-0.3, -0.25) is 0 Å². The van der Waals surface area contributed by atoms with Crippen molar-refractivity contribution < 1.29 is 9.53 Å². The minimum absolute atomic E-state index is 0.291. The van der Waals surface area contributed by atoms with Crippen LogP contribution in [0.2, 0.25) is 5.15 Å². The van der Waals surface area contributed by atoms with Gasteiger partial charge < -0.3 is 9.64 Å². The molecule has 1 fully saturated rings. The van der Waals surface area contributed by atoms with Gasteiger partial charge in [0, 0.05) is 13.1 Å². The molecule has 8 heteroatoms. The molecule has 0 saturated carbocycles. The zero-order chi connectivity index (χ0) is 20.2. The number of esters is 1. The molecule has 0 radical (unpaired) electrons. The summed E-state index contributed by atoms with van der Waals surface area (Å²) in [6, 6.07) is 9.34. The van der Waals surface area contributed by atoms with Crippen molar-refractivity contribution in [3.63, 3.8) is 0 Å². The van der Waals surface area contributed by atoms with Crippen LogP contribution in [0.25, 0.3) is 10.2 Å². The second-order valence-electron chi connectivity index (χ2n) is 7.19. The van der Waals surface area contributed by atoms with Gasteiger partial charge in [-0.25, -0.2) is 9.78 Å². The Labute approximate surface area is 178 Å². The average molecular weight is 431 g/mol. The lowest BCUT2D eigenvalue weighted by Crippen LogP contribution is -2.34. The number of rotatable bonds is 6. The summed E-state index contributed by atoms with van der Waals surface area (Å²) in [7, 11) is 0. The summed E-state index contributed by atoms with van der Waals surface area (Å²) >= 11 is 7.53. The molecule has 0 N–H and O–H groups in total. The maximum Gasteiger partial charge on any atom is 0.338 e. The molecule has 0 bridgehead atoms. The van der Waals surface area contributed by atoms with E-state index in [0.717, 1.165) is 59.8 Å². The lowest BCUT2D eigenvalue weighted by molar-refractivity contribution is 0.0526. The number of aryl methyl sites for hydroxylation is 1. The van der Waals surface area contributed by atoms with Crippen LogP contribution in [0.3, 0.4) is 0 Å². The molecule has 0 aliphatic carbocycles. The molecular weight excluding hydrogens is 408 g/mol. The minimum Gasteiger partial charge on any atom is -0.462 e. The summed E-state index contributed by atoms with van der Waals surface area (Å²) in [5.74, 6) is 1.30. The predicted molar refractivity (Wildman–Crippen MR) is 116 cm³/mol. The molecule has 6 nitrogen and oxygen atoms in total. The number of nitrogens with zero attached hydrogens (tertiary/aromatic N) is 4. The number of ether oxygens (including phenoxy) is 1. The molecule has 0 unspecified atom stereocenters. The fourth-order valence-corrected chi connectivity index (χ4v) is 4.74. The number of carbonyl (C=O) groups is 1. The first-order chi connectivity index (χ1) is 14.1. The zero-order valence-corrected chi connectivity index (χ0v) is 17.9. The number of fused-ring (bicyclic) bond motifs is 1. The lowest BCUT2D eigenvalue weighted by atomic mass is 9.92. The van der Waals surface area contributed by atoms with E-state index in [1.54, 1.807) is 17.4 Å². The van der Waals surface area contributed by atoms with E-state index in [1.165, 1.54) is 0 Å². The van der Waals surface area contributed by atoms with E-state index < -0.39 is 0 Å². The van der Waals surface area contributed by atoms with Crippen molar-refractivity contribution in [2.75, 3.05) is 24.6 Å². The van der Waals surface area contributed by atoms with E-state index >= 15 is 0 Å². The van der Waals surface area contributed by atoms with Crippen LogP contribution in [0.5, 0.6) is 0 Å². The summed E-state index contributed by atoms with van der Waals surface area (Å²) in [6.07, 6.45) is 4.38. The number of carbonyl (C=O) groups excluding carboxylic acids is 1. The van der Waals surface area contributed by atoms with Crippen LogP contribution >= 0.6 is 22.9 Å². The van der Waals surface area contributed by atoms with Gasteiger partial charge in [-0.05, 0) is 68.9 Å². The molecular formula is C21H23ClN4O2S. The fraction of sp³-hybridized carbons (Fsp3) is 0.429. The number of thiazole rings is 1. The molecule has 1 aliphatic heterocycles. The van der Waals surface area contributed by atoms with Crippen molar-refractivity contribution in [3.05, 3.63) is 46.1 Å². The Morgan fingerprint density at radius 3 is 2.79 bits per heavy atom. The first-order valence-electron chi connectivity index (χ1n) is 9.93. The van der Waals surface area contributed by atoms with Gasteiger partial charge in [-0.2, -0.15) is 0 Å². The third-order valence-corrected chi connectivity index (χ3v) is 6.56. The third kappa shape index (κ3) is 4.85. The quantitative estimate of drug-likeness (QED) is 0.525. The average Bonchev–Trinajstić information content (AvgIpc) is 3.15. The molecule has 1 aromatic carbocycles. The van der Waals surface area contributed by atoms with Crippen molar-refractivity contribution in [2.45, 2.75) is 32.6 Å². The van der Waals surface area contributed by atoms with Crippen molar-refractivity contribution in [1.29, 1.82) is 0 Å². The lowest BCUT2D eigenvalue weighted by Gasteiger charge is -2.32. The molecule has 0 spiro atoms. The van der Waals surface area contributed by atoms with E-state index in [0.29, 0.717) is 23.2 Å². The highest BCUT2D eigenvalue weighted by atomic mass is 35.5. The molecule has 3 heterocycles. The van der Waals surface area contributed by atoms with Crippen molar-refractivity contribution in [3.8, 4) is 0 Å². The van der Waals surface area contributed by atoms with Gasteiger partial charge in [0.05, 0.1) is 27.4 Å². The van der Waals surface area contributed by atoms with Crippen LogP contribution in [0.4, 0.5) is 5.82 Å². The zero-order valence-electron chi connectivity index (χ0n) is 16.3. The Morgan fingerprint density at radius 1 is 1.24 bits per heavy atom. The van der Waals surface area contributed by atoms with Gasteiger partial charge in [0.25, 0.3) is 0 Å². The highest BCUT2D eigenvalue weighted by Gasteiger charge is 2.21. The summed E-state index contributed by atoms with van der Waals surface area (Å²) in [5, 5.41) is 9.67. The number of piperidine rings is 1. The Bertz CT molecular complexity index is 984. The maximum atomic E-state index is 11.9. The molecule has 152 valence electrons. The monoisotopic (exact) mass is 430 g/mol. The summed E-state index contributed by atoms with van der Waals surface area (Å²) < 4.78 is 6.19. The maximum absolute atomic E-state index is 11.9. The predicted octanol–water partition coefficient (Wildman–Crippen LogP) is 4.77. The van der Waals surface area contributed by atoms with Crippen LogP contribution in [-0.2, 0) is 11.2 Å². The largest absolute Gasteiger partial charge is 0.462 e. The van der Waals surface area contributed by atoms with Crippen LogP contribution in [-0.4, -0.2) is 40.8 Å². The summed E-state index contributed by atoms with van der Waals surface area (Å²) in [5.41, 5.74) is 1.44. The van der Waals surface area contributed by atoms with E-state index in [9.17, 15) is 4.79 Å². The normalized spacial score (nSPS) is 15.0. The van der Waals surface area contributed by atoms with E-state index in [2.05, 4.69) is 15.1 Å². The van der Waals surface area contributed by atoms with E-state index in [1.807, 2.05) is 31.2 Å². The van der Waals surface area contributed by atoms with Crippen molar-refractivity contribution >= 4 is 44.9 Å². The van der Waals surface area contributed by atoms with Crippen LogP contribution in [0.15, 0.2) is 30.3 Å². The molecule has 29 heavy (non-hydrogen) atoms. The van der Waals surface area contributed by atoms with Gasteiger partial charge in [0.15, 0.2) is 11.0 Å². The Morgan fingerprint density at radius 2 is 2.07 bits per heavy atom. The standard InChI is InChI=1S/C21H23ClN4O2S/c1-2-28-21(27)15-4-5-17-16(13-15)23-20(29-17)8-3-14-9-11-26(12-10-14)19-7-6-18(22)24-25-19/h4-7,13-14H,2-3,8-12H2,1H3. The molecule has 4 rings (SSSR count). The second-order valence-corrected chi connectivity index (χ2v) is 8.70. The second kappa shape index (κ2) is 9.05. The first kappa shape index (κ1) is 20.0. The van der Waals surface area contributed by atoms with Gasteiger partial charge in [0.2, 0.25) is 0 Å². The SMILES string of the molecule is CCOC(=O)c1ccc2sc(CCC3CCN(c4ccc(Cl)nn4)CC3)nc2c1. The van der Waals surface area contributed by atoms with Gasteiger partial charge >= 0.3 is 5.97 Å². The first-order valence-corrected chi connectivity index (χ1v) is 11.1. The Kier molecular flexibility index (Phi) is 6.25. The fourth-order valence-electron chi connectivity index (χ4n) is 3.68. The molecule has 1 saturated heterocycles. The number of aromatic nitrogens is 3. The van der Waals surface area contributed by atoms with Crippen LogP contribution in [0.1, 0.15) is 41.6 Å². The smallest absolute Gasteiger partial charge is 0.338 e. The molecule has 2 aromatic heterocycles. The molecule has 0 atom stereocenters. The van der Waals surface area contributed by atoms with Crippen molar-refractivity contribution in [1.82, 2.24) is 15.2 Å². The number of anilines is 1. The molecule has 0 amide bonds. The highest BCUT2D eigenvalue weighted by Crippen LogP contribution is 2.28. The van der Waals surface area contributed by atoms with Gasteiger partial charge in [-0.15, -0.1) is 21.5 Å². The number of hydrogen-bond acceptors (Lipinski definition) is 7. The number of halogens is 1. The summed E-state index contributed by atoms with van der Waals surface area (Å²) in [6.45, 7) is 4.17. The Balaban J connectivity index is 1.32. The van der Waals surface area contributed by atoms with Crippen molar-refractivity contribution in [2.24, 2.45) is 5.92 Å². The topological polar surface area (TPSA) is 68.2 Å². The highest BCUT2D eigenvalue weighted by molar-refractivity contribution is 7.18.